The van der Waals surface area contributed by atoms with Crippen molar-refractivity contribution in [1.29, 1.82) is 0 Å². The van der Waals surface area contributed by atoms with Gasteiger partial charge in [-0.3, -0.25) is 14.5 Å². The molecule has 0 saturated carbocycles. The fourth-order valence-corrected chi connectivity index (χ4v) is 4.26. The Morgan fingerprint density at radius 2 is 1.74 bits per heavy atom. The van der Waals surface area contributed by atoms with E-state index in [1.54, 1.807) is 50.3 Å². The number of nitrogens with one attached hydrogen (secondary N) is 1. The Kier molecular flexibility index (Phi) is 8.64. The van der Waals surface area contributed by atoms with E-state index in [4.69, 9.17) is 26.4 Å². The van der Waals surface area contributed by atoms with E-state index in [9.17, 15) is 14.4 Å². The molecule has 10 heteroatoms. The van der Waals surface area contributed by atoms with E-state index in [0.29, 0.717) is 40.8 Å². The minimum absolute atomic E-state index is 0.0290. The van der Waals surface area contributed by atoms with Gasteiger partial charge in [-0.05, 0) is 67.5 Å². The van der Waals surface area contributed by atoms with Crippen molar-refractivity contribution in [3.05, 3.63) is 53.6 Å². The molecule has 2 aromatic carbocycles. The third-order valence-corrected chi connectivity index (χ3v) is 6.12. The molecule has 3 rings (SSSR count). The number of anilines is 1. The number of benzene rings is 2. The lowest BCUT2D eigenvalue weighted by molar-refractivity contribution is -0.126. The van der Waals surface area contributed by atoms with Crippen LogP contribution < -0.4 is 19.7 Å². The zero-order chi connectivity index (χ0) is 25.5. The van der Waals surface area contributed by atoms with Gasteiger partial charge in [0, 0.05) is 13.6 Å². The highest BCUT2D eigenvalue weighted by atomic mass is 32.1. The second kappa shape index (κ2) is 11.7. The second-order valence-electron chi connectivity index (χ2n) is 7.75. The van der Waals surface area contributed by atoms with Crippen molar-refractivity contribution >= 4 is 40.8 Å². The maximum Gasteiger partial charge on any atom is 0.338 e. The number of methoxy groups -OCH3 is 2. The van der Waals surface area contributed by atoms with Crippen LogP contribution in [0, 0.1) is 0 Å². The Morgan fingerprint density at radius 1 is 1.06 bits per heavy atom. The van der Waals surface area contributed by atoms with Gasteiger partial charge in [-0.2, -0.15) is 0 Å². The Bertz CT molecular complexity index is 1100. The molecule has 0 radical (unpaired) electrons. The van der Waals surface area contributed by atoms with Crippen LogP contribution >= 0.6 is 12.2 Å². The largest absolute Gasteiger partial charge is 0.493 e. The molecule has 0 spiro atoms. The van der Waals surface area contributed by atoms with Crippen molar-refractivity contribution in [2.24, 2.45) is 0 Å². The summed E-state index contributed by atoms with van der Waals surface area (Å²) in [7, 11) is 4.67. The molecule has 1 saturated heterocycles. The van der Waals surface area contributed by atoms with Gasteiger partial charge in [0.25, 0.3) is 5.91 Å². The lowest BCUT2D eigenvalue weighted by Gasteiger charge is -2.24. The predicted octanol–water partition coefficient (Wildman–Crippen LogP) is 2.56. The lowest BCUT2D eigenvalue weighted by Crippen LogP contribution is -2.39. The van der Waals surface area contributed by atoms with Crippen LogP contribution in [0.25, 0.3) is 0 Å². The molecule has 1 aliphatic rings. The van der Waals surface area contributed by atoms with E-state index in [0.717, 1.165) is 5.56 Å². The number of hydrogen-bond donors (Lipinski definition) is 1. The van der Waals surface area contributed by atoms with Gasteiger partial charge in [0.15, 0.2) is 16.6 Å². The van der Waals surface area contributed by atoms with E-state index in [1.165, 1.54) is 11.9 Å². The van der Waals surface area contributed by atoms with Gasteiger partial charge in [0.1, 0.15) is 6.04 Å². The first kappa shape index (κ1) is 26.0. The number of esters is 1. The highest BCUT2D eigenvalue weighted by Gasteiger charge is 2.43. The SMILES string of the molecule is CCOC(=O)c1ccc(N2C(=O)[C@@H](CC(=O)NC)N(CCc3ccc(OC)c(OC)c3)C2=S)cc1. The molecule has 2 amide bonds. The fourth-order valence-electron chi connectivity index (χ4n) is 3.85. The molecule has 1 N–H and O–H groups in total. The molecule has 0 aliphatic carbocycles. The average Bonchev–Trinajstić information content (AvgIpc) is 3.10. The summed E-state index contributed by atoms with van der Waals surface area (Å²) in [5, 5.41) is 2.87. The summed E-state index contributed by atoms with van der Waals surface area (Å²) in [6, 6.07) is 11.3. The molecule has 9 nitrogen and oxygen atoms in total. The van der Waals surface area contributed by atoms with Crippen molar-refractivity contribution in [2.75, 3.05) is 39.3 Å². The molecule has 0 aromatic heterocycles. The average molecular weight is 500 g/mol. The van der Waals surface area contributed by atoms with Gasteiger partial charge in [0.05, 0.1) is 38.5 Å². The highest BCUT2D eigenvalue weighted by Crippen LogP contribution is 2.30. The minimum Gasteiger partial charge on any atom is -0.493 e. The summed E-state index contributed by atoms with van der Waals surface area (Å²) < 4.78 is 15.7. The van der Waals surface area contributed by atoms with Gasteiger partial charge < -0.3 is 24.4 Å². The van der Waals surface area contributed by atoms with Crippen molar-refractivity contribution in [2.45, 2.75) is 25.8 Å². The number of rotatable bonds is 10. The van der Waals surface area contributed by atoms with Gasteiger partial charge in [-0.25, -0.2) is 4.79 Å². The van der Waals surface area contributed by atoms with Crippen LogP contribution in [0.5, 0.6) is 11.5 Å². The maximum absolute atomic E-state index is 13.4. The van der Waals surface area contributed by atoms with Crippen LogP contribution in [-0.4, -0.2) is 68.3 Å². The molecular weight excluding hydrogens is 470 g/mol. The zero-order valence-corrected chi connectivity index (χ0v) is 21.0. The number of nitrogens with zero attached hydrogens (tertiary/aromatic N) is 2. The first-order valence-electron chi connectivity index (χ1n) is 11.2. The number of carbonyl (C=O) groups is 3. The maximum atomic E-state index is 13.4. The van der Waals surface area contributed by atoms with Crippen LogP contribution in [0.15, 0.2) is 42.5 Å². The number of thiocarbonyl (C=S) groups is 1. The second-order valence-corrected chi connectivity index (χ2v) is 8.11. The molecule has 1 heterocycles. The Morgan fingerprint density at radius 3 is 2.34 bits per heavy atom. The first-order chi connectivity index (χ1) is 16.8. The summed E-state index contributed by atoms with van der Waals surface area (Å²) >= 11 is 5.68. The summed E-state index contributed by atoms with van der Waals surface area (Å²) in [6.07, 6.45) is 0.534. The highest BCUT2D eigenvalue weighted by molar-refractivity contribution is 7.80. The van der Waals surface area contributed by atoms with E-state index < -0.39 is 12.0 Å². The van der Waals surface area contributed by atoms with Crippen LogP contribution in [-0.2, 0) is 20.7 Å². The number of hydrogen-bond acceptors (Lipinski definition) is 7. The third-order valence-electron chi connectivity index (χ3n) is 5.70. The normalized spacial score (nSPS) is 15.3. The lowest BCUT2D eigenvalue weighted by atomic mass is 10.1. The van der Waals surface area contributed by atoms with E-state index in [-0.39, 0.29) is 24.8 Å². The smallest absolute Gasteiger partial charge is 0.338 e. The Labute approximate surface area is 209 Å². The molecular formula is C25H29N3O6S. The summed E-state index contributed by atoms with van der Waals surface area (Å²) in [6.45, 7) is 2.42. The van der Waals surface area contributed by atoms with Gasteiger partial charge in [-0.1, -0.05) is 6.07 Å². The number of carbonyl (C=O) groups excluding carboxylic acids is 3. The van der Waals surface area contributed by atoms with Crippen LogP contribution in [0.2, 0.25) is 0 Å². The number of ether oxygens (including phenoxy) is 3. The Balaban J connectivity index is 1.84. The first-order valence-corrected chi connectivity index (χ1v) is 11.6. The standard InChI is InChI=1S/C25H29N3O6S/c1-5-34-24(31)17-7-9-18(10-8-17)28-23(30)19(15-22(29)26-2)27(25(28)35)13-12-16-6-11-20(32-3)21(14-16)33-4/h6-11,14,19H,5,12-13,15H2,1-4H3,(H,26,29)/t19-/m1/s1. The van der Waals surface area contributed by atoms with Crippen molar-refractivity contribution in [1.82, 2.24) is 10.2 Å². The van der Waals surface area contributed by atoms with Crippen molar-refractivity contribution in [3.63, 3.8) is 0 Å². The molecule has 0 unspecified atom stereocenters. The van der Waals surface area contributed by atoms with Crippen LogP contribution in [0.1, 0.15) is 29.3 Å². The molecule has 1 atom stereocenters. The van der Waals surface area contributed by atoms with Crippen molar-refractivity contribution < 1.29 is 28.6 Å². The van der Waals surface area contributed by atoms with Gasteiger partial charge >= 0.3 is 5.97 Å². The van der Waals surface area contributed by atoms with Gasteiger partial charge in [0.2, 0.25) is 5.91 Å². The topological polar surface area (TPSA) is 97.4 Å². The molecule has 0 bridgehead atoms. The Hall–Kier alpha value is -3.66. The molecule has 1 fully saturated rings. The van der Waals surface area contributed by atoms with E-state index in [1.807, 2.05) is 18.2 Å². The van der Waals surface area contributed by atoms with Crippen LogP contribution in [0.3, 0.4) is 0 Å². The quantitative estimate of drug-likeness (QED) is 0.394. The predicted molar refractivity (Wildman–Crippen MR) is 135 cm³/mol. The van der Waals surface area contributed by atoms with Crippen LogP contribution in [0.4, 0.5) is 5.69 Å². The molecule has 2 aromatic rings. The monoisotopic (exact) mass is 499 g/mol. The van der Waals surface area contributed by atoms with E-state index in [2.05, 4.69) is 5.32 Å². The molecule has 186 valence electrons. The number of amides is 2. The zero-order valence-electron chi connectivity index (χ0n) is 20.2. The van der Waals surface area contributed by atoms with Crippen molar-refractivity contribution in [3.8, 4) is 11.5 Å². The fraction of sp³-hybridized carbons (Fsp3) is 0.360. The molecule has 35 heavy (non-hydrogen) atoms. The summed E-state index contributed by atoms with van der Waals surface area (Å²) in [5.74, 6) is 0.230. The third kappa shape index (κ3) is 5.71. The summed E-state index contributed by atoms with van der Waals surface area (Å²) in [5.41, 5.74) is 1.86. The summed E-state index contributed by atoms with van der Waals surface area (Å²) in [4.78, 5) is 40.7. The molecule has 1 aliphatic heterocycles. The minimum atomic E-state index is -0.743. The van der Waals surface area contributed by atoms with E-state index >= 15 is 0 Å². The van der Waals surface area contributed by atoms with Gasteiger partial charge in [-0.15, -0.1) is 0 Å².